The molecule has 2 aromatic carbocycles. The van der Waals surface area contributed by atoms with Crippen LogP contribution in [-0.4, -0.2) is 57.8 Å². The van der Waals surface area contributed by atoms with Crippen LogP contribution in [0.15, 0.2) is 47.5 Å². The molecule has 7 nitrogen and oxygen atoms in total. The van der Waals surface area contributed by atoms with Gasteiger partial charge in [-0.15, -0.1) is 24.0 Å². The van der Waals surface area contributed by atoms with E-state index in [0.717, 1.165) is 36.0 Å². The van der Waals surface area contributed by atoms with Crippen molar-refractivity contribution in [3.8, 4) is 11.5 Å². The molecule has 0 bridgehead atoms. The van der Waals surface area contributed by atoms with Crippen LogP contribution in [0.1, 0.15) is 18.4 Å². The Hall–Kier alpha value is -2.20. The van der Waals surface area contributed by atoms with Crippen molar-refractivity contribution in [1.82, 2.24) is 4.90 Å². The van der Waals surface area contributed by atoms with Gasteiger partial charge in [0.2, 0.25) is 0 Å². The maximum absolute atomic E-state index is 6.10. The Morgan fingerprint density at radius 2 is 1.75 bits per heavy atom. The van der Waals surface area contributed by atoms with Gasteiger partial charge in [-0.2, -0.15) is 0 Å². The highest BCUT2D eigenvalue weighted by Gasteiger charge is 2.26. The Morgan fingerprint density at radius 3 is 2.38 bits per heavy atom. The standard InChI is InChI=1S/C24H33N5O2.HI/c1-30-21-9-10-23(31-2)22(15-21)27-24(25)26-16-18-5-7-20(8-6-18)29-13-11-28(12-14-29)17-19-3-4-19;/h5-10,15,19H,3-4,11-14,16-17H2,1-2H3,(H3,25,26,27);1H. The SMILES string of the molecule is COc1ccc(OC)c(NC(N)=NCc2ccc(N3CCN(CC4CC4)CC3)cc2)c1.I. The molecule has 32 heavy (non-hydrogen) atoms. The Bertz CT molecular complexity index is 894. The van der Waals surface area contributed by atoms with Crippen molar-refractivity contribution in [2.75, 3.05) is 57.2 Å². The number of anilines is 2. The first kappa shape index (κ1) is 24.4. The second-order valence-electron chi connectivity index (χ2n) is 8.29. The number of hydrogen-bond acceptors (Lipinski definition) is 5. The maximum Gasteiger partial charge on any atom is 0.193 e. The molecule has 0 spiro atoms. The van der Waals surface area contributed by atoms with E-state index in [4.69, 9.17) is 15.2 Å². The molecule has 0 radical (unpaired) electrons. The van der Waals surface area contributed by atoms with E-state index in [-0.39, 0.29) is 24.0 Å². The third-order valence-corrected chi connectivity index (χ3v) is 5.99. The zero-order valence-corrected chi connectivity index (χ0v) is 21.2. The molecule has 2 aliphatic rings. The van der Waals surface area contributed by atoms with Gasteiger partial charge < -0.3 is 25.4 Å². The highest BCUT2D eigenvalue weighted by atomic mass is 127. The van der Waals surface area contributed by atoms with Crippen LogP contribution in [0.3, 0.4) is 0 Å². The van der Waals surface area contributed by atoms with Gasteiger partial charge in [0.1, 0.15) is 11.5 Å². The van der Waals surface area contributed by atoms with Gasteiger partial charge in [-0.3, -0.25) is 4.90 Å². The molecule has 2 aromatic rings. The fourth-order valence-electron chi connectivity index (χ4n) is 3.93. The monoisotopic (exact) mass is 551 g/mol. The molecule has 0 aromatic heterocycles. The molecule has 2 fully saturated rings. The molecule has 3 N–H and O–H groups in total. The molecule has 1 aliphatic heterocycles. The van der Waals surface area contributed by atoms with E-state index in [1.807, 2.05) is 18.2 Å². The van der Waals surface area contributed by atoms with E-state index in [9.17, 15) is 0 Å². The average molecular weight is 551 g/mol. The number of aliphatic imine (C=N–C) groups is 1. The summed E-state index contributed by atoms with van der Waals surface area (Å²) in [5.74, 6) is 2.71. The number of hydrogen-bond donors (Lipinski definition) is 2. The number of ether oxygens (including phenoxy) is 2. The predicted molar refractivity (Wildman–Crippen MR) is 142 cm³/mol. The molecule has 1 saturated carbocycles. The Morgan fingerprint density at radius 1 is 1.03 bits per heavy atom. The molecule has 8 heteroatoms. The molecule has 1 heterocycles. The number of halogens is 1. The molecule has 0 atom stereocenters. The second-order valence-corrected chi connectivity index (χ2v) is 8.29. The second kappa shape index (κ2) is 11.6. The van der Waals surface area contributed by atoms with E-state index in [1.165, 1.54) is 38.2 Å². The lowest BCUT2D eigenvalue weighted by Crippen LogP contribution is -2.47. The summed E-state index contributed by atoms with van der Waals surface area (Å²) in [5.41, 5.74) is 9.23. The molecule has 0 unspecified atom stereocenters. The first-order valence-electron chi connectivity index (χ1n) is 11.0. The van der Waals surface area contributed by atoms with Gasteiger partial charge in [-0.1, -0.05) is 12.1 Å². The molecular formula is C24H34IN5O2. The van der Waals surface area contributed by atoms with Crippen LogP contribution in [0.25, 0.3) is 0 Å². The van der Waals surface area contributed by atoms with Crippen LogP contribution < -0.4 is 25.4 Å². The molecular weight excluding hydrogens is 517 g/mol. The van der Waals surface area contributed by atoms with Crippen LogP contribution in [0.2, 0.25) is 0 Å². The average Bonchev–Trinajstić information content (AvgIpc) is 3.62. The summed E-state index contributed by atoms with van der Waals surface area (Å²) >= 11 is 0. The molecule has 0 amide bonds. The molecule has 1 saturated heterocycles. The third-order valence-electron chi connectivity index (χ3n) is 5.99. The zero-order chi connectivity index (χ0) is 21.6. The minimum Gasteiger partial charge on any atom is -0.497 e. The van der Waals surface area contributed by atoms with Crippen molar-refractivity contribution < 1.29 is 9.47 Å². The highest BCUT2D eigenvalue weighted by Crippen LogP contribution is 2.30. The summed E-state index contributed by atoms with van der Waals surface area (Å²) in [4.78, 5) is 9.56. The Balaban J connectivity index is 0.00000289. The van der Waals surface area contributed by atoms with Gasteiger partial charge in [0.05, 0.1) is 26.5 Å². The Labute approximate surface area is 208 Å². The van der Waals surface area contributed by atoms with Crippen LogP contribution >= 0.6 is 24.0 Å². The van der Waals surface area contributed by atoms with E-state index < -0.39 is 0 Å². The number of benzene rings is 2. The summed E-state index contributed by atoms with van der Waals surface area (Å²) in [7, 11) is 3.25. The first-order valence-corrected chi connectivity index (χ1v) is 11.0. The van der Waals surface area contributed by atoms with Crippen molar-refractivity contribution in [2.45, 2.75) is 19.4 Å². The lowest BCUT2D eigenvalue weighted by Gasteiger charge is -2.36. The summed E-state index contributed by atoms with van der Waals surface area (Å²) < 4.78 is 10.6. The highest BCUT2D eigenvalue weighted by molar-refractivity contribution is 14.0. The quantitative estimate of drug-likeness (QED) is 0.296. The minimum atomic E-state index is 0. The van der Waals surface area contributed by atoms with Crippen LogP contribution in [-0.2, 0) is 6.54 Å². The fourth-order valence-corrected chi connectivity index (χ4v) is 3.93. The number of guanidine groups is 1. The van der Waals surface area contributed by atoms with Gasteiger partial charge in [-0.25, -0.2) is 4.99 Å². The maximum atomic E-state index is 6.10. The van der Waals surface area contributed by atoms with Gasteiger partial charge in [0, 0.05) is 44.5 Å². The largest absolute Gasteiger partial charge is 0.497 e. The minimum absolute atomic E-state index is 0. The smallest absolute Gasteiger partial charge is 0.193 e. The van der Waals surface area contributed by atoms with E-state index in [2.05, 4.69) is 44.4 Å². The summed E-state index contributed by atoms with van der Waals surface area (Å²) in [6, 6.07) is 14.2. The van der Waals surface area contributed by atoms with E-state index >= 15 is 0 Å². The summed E-state index contributed by atoms with van der Waals surface area (Å²) in [6.07, 6.45) is 2.86. The van der Waals surface area contributed by atoms with Crippen LogP contribution in [0.5, 0.6) is 11.5 Å². The molecule has 4 rings (SSSR count). The normalized spacial score (nSPS) is 16.9. The predicted octanol–water partition coefficient (Wildman–Crippen LogP) is 3.78. The van der Waals surface area contributed by atoms with Gasteiger partial charge in [-0.05, 0) is 48.6 Å². The summed E-state index contributed by atoms with van der Waals surface area (Å²) in [6.45, 7) is 6.34. The number of piperazine rings is 1. The van der Waals surface area contributed by atoms with Crippen molar-refractivity contribution in [3.63, 3.8) is 0 Å². The molecule has 1 aliphatic carbocycles. The van der Waals surface area contributed by atoms with Crippen LogP contribution in [0.4, 0.5) is 11.4 Å². The van der Waals surface area contributed by atoms with Crippen molar-refractivity contribution in [3.05, 3.63) is 48.0 Å². The summed E-state index contributed by atoms with van der Waals surface area (Å²) in [5, 5.41) is 3.10. The van der Waals surface area contributed by atoms with Gasteiger partial charge in [0.25, 0.3) is 0 Å². The number of rotatable bonds is 8. The van der Waals surface area contributed by atoms with E-state index in [0.29, 0.717) is 18.3 Å². The first-order chi connectivity index (χ1) is 15.1. The lowest BCUT2D eigenvalue weighted by atomic mass is 10.1. The number of nitrogens with zero attached hydrogens (tertiary/aromatic N) is 3. The van der Waals surface area contributed by atoms with Gasteiger partial charge in [0.15, 0.2) is 5.96 Å². The van der Waals surface area contributed by atoms with Crippen molar-refractivity contribution >= 4 is 41.3 Å². The number of nitrogens with two attached hydrogens (primary N) is 1. The van der Waals surface area contributed by atoms with E-state index in [1.54, 1.807) is 14.2 Å². The van der Waals surface area contributed by atoms with Crippen molar-refractivity contribution in [2.24, 2.45) is 16.6 Å². The van der Waals surface area contributed by atoms with Gasteiger partial charge >= 0.3 is 0 Å². The van der Waals surface area contributed by atoms with Crippen molar-refractivity contribution in [1.29, 1.82) is 0 Å². The molecule has 174 valence electrons. The third kappa shape index (κ3) is 6.65. The number of methoxy groups -OCH3 is 2. The topological polar surface area (TPSA) is 75.3 Å². The number of nitrogens with one attached hydrogen (secondary N) is 1. The van der Waals surface area contributed by atoms with Crippen LogP contribution in [0, 0.1) is 5.92 Å². The fraction of sp³-hybridized carbons (Fsp3) is 0.458. The zero-order valence-electron chi connectivity index (χ0n) is 18.9. The lowest BCUT2D eigenvalue weighted by molar-refractivity contribution is 0.248. The Kier molecular flexibility index (Phi) is 8.86.